The fourth-order valence-corrected chi connectivity index (χ4v) is 4.19. The zero-order chi connectivity index (χ0) is 24.4. The van der Waals surface area contributed by atoms with Crippen molar-refractivity contribution in [2.45, 2.75) is 23.8 Å². The van der Waals surface area contributed by atoms with Gasteiger partial charge in [-0.25, -0.2) is 26.0 Å². The van der Waals surface area contributed by atoms with Crippen LogP contribution in [0, 0.1) is 5.82 Å². The van der Waals surface area contributed by atoms with Crippen molar-refractivity contribution in [3.63, 3.8) is 0 Å². The third-order valence-electron chi connectivity index (χ3n) is 4.59. The number of sulfonamides is 1. The standard InChI is InChI=1S/C18H21FN4O8S2/c1-32(26,27)12-3-4-14(13(19)9-12)31-17-15(22-33(2,28)29)16(20-10-21-17)30-11-5-7-23(8-6-11)18(24)25/h3-4,9-11,22H,5-8H2,1-2H3,(H,24,25). The predicted molar refractivity (Wildman–Crippen MR) is 113 cm³/mol. The molecule has 1 saturated heterocycles. The lowest BCUT2D eigenvalue weighted by Gasteiger charge is -2.30. The van der Waals surface area contributed by atoms with Gasteiger partial charge >= 0.3 is 6.09 Å². The quantitative estimate of drug-likeness (QED) is 0.567. The molecule has 33 heavy (non-hydrogen) atoms. The Hall–Kier alpha value is -3.20. The van der Waals surface area contributed by atoms with Crippen LogP contribution >= 0.6 is 0 Å². The minimum absolute atomic E-state index is 0.188. The van der Waals surface area contributed by atoms with Crippen LogP contribution in [0.4, 0.5) is 14.9 Å². The molecular weight excluding hydrogens is 483 g/mol. The summed E-state index contributed by atoms with van der Waals surface area (Å²) in [6.45, 7) is 0.447. The van der Waals surface area contributed by atoms with Gasteiger partial charge in [0.1, 0.15) is 12.4 Å². The largest absolute Gasteiger partial charge is 0.473 e. The van der Waals surface area contributed by atoms with Gasteiger partial charge in [0.15, 0.2) is 27.1 Å². The second-order valence-electron chi connectivity index (χ2n) is 7.29. The van der Waals surface area contributed by atoms with Crippen LogP contribution in [0.1, 0.15) is 12.8 Å². The second kappa shape index (κ2) is 9.35. The number of anilines is 1. The molecule has 1 aromatic carbocycles. The highest BCUT2D eigenvalue weighted by atomic mass is 32.2. The van der Waals surface area contributed by atoms with Crippen LogP contribution in [0.15, 0.2) is 29.4 Å². The molecule has 1 aromatic heterocycles. The Kier molecular flexibility index (Phi) is 6.92. The molecule has 3 rings (SSSR count). The van der Waals surface area contributed by atoms with Gasteiger partial charge in [0.05, 0.1) is 11.2 Å². The maximum Gasteiger partial charge on any atom is 0.407 e. The zero-order valence-corrected chi connectivity index (χ0v) is 19.2. The maximum absolute atomic E-state index is 14.5. The second-order valence-corrected chi connectivity index (χ2v) is 11.1. The molecule has 0 radical (unpaired) electrons. The lowest BCUT2D eigenvalue weighted by atomic mass is 10.1. The lowest BCUT2D eigenvalue weighted by molar-refractivity contribution is 0.0873. The monoisotopic (exact) mass is 504 g/mol. The summed E-state index contributed by atoms with van der Waals surface area (Å²) in [5.41, 5.74) is -0.285. The molecule has 180 valence electrons. The van der Waals surface area contributed by atoms with Crippen molar-refractivity contribution in [3.05, 3.63) is 30.3 Å². The average molecular weight is 505 g/mol. The van der Waals surface area contributed by atoms with Gasteiger partial charge in [-0.1, -0.05) is 0 Å². The van der Waals surface area contributed by atoms with Gasteiger partial charge in [-0.15, -0.1) is 0 Å². The van der Waals surface area contributed by atoms with Gasteiger partial charge < -0.3 is 19.5 Å². The summed E-state index contributed by atoms with van der Waals surface area (Å²) in [6.07, 6.45) is 1.99. The zero-order valence-electron chi connectivity index (χ0n) is 17.6. The number of ether oxygens (including phenoxy) is 2. The third-order valence-corrected chi connectivity index (χ3v) is 6.28. The number of hydrogen-bond acceptors (Lipinski definition) is 9. The van der Waals surface area contributed by atoms with Crippen LogP contribution in [0.5, 0.6) is 17.5 Å². The molecule has 0 bridgehead atoms. The first-order valence-corrected chi connectivity index (χ1v) is 13.3. The van der Waals surface area contributed by atoms with E-state index in [1.54, 1.807) is 0 Å². The Morgan fingerprint density at radius 2 is 1.79 bits per heavy atom. The normalized spacial score (nSPS) is 15.2. The van der Waals surface area contributed by atoms with Crippen molar-refractivity contribution in [2.75, 3.05) is 30.3 Å². The summed E-state index contributed by atoms with van der Waals surface area (Å²) in [7, 11) is -7.51. The van der Waals surface area contributed by atoms with E-state index in [1.165, 1.54) is 4.90 Å². The number of rotatable bonds is 7. The number of likely N-dealkylation sites (tertiary alicyclic amines) is 1. The Labute approximate surface area is 189 Å². The van der Waals surface area contributed by atoms with E-state index < -0.39 is 43.6 Å². The van der Waals surface area contributed by atoms with Crippen molar-refractivity contribution in [1.29, 1.82) is 0 Å². The van der Waals surface area contributed by atoms with Crippen LogP contribution in [-0.2, 0) is 19.9 Å². The number of halogens is 1. The van der Waals surface area contributed by atoms with E-state index in [-0.39, 0.29) is 35.4 Å². The Bertz CT molecular complexity index is 1260. The van der Waals surface area contributed by atoms with Crippen molar-refractivity contribution < 1.29 is 40.6 Å². The van der Waals surface area contributed by atoms with Crippen molar-refractivity contribution in [3.8, 4) is 17.5 Å². The van der Waals surface area contributed by atoms with Gasteiger partial charge in [0.2, 0.25) is 15.9 Å². The summed E-state index contributed by atoms with van der Waals surface area (Å²) in [5.74, 6) is -1.98. The highest BCUT2D eigenvalue weighted by molar-refractivity contribution is 7.92. The van der Waals surface area contributed by atoms with Crippen molar-refractivity contribution in [1.82, 2.24) is 14.9 Å². The molecule has 1 aliphatic rings. The molecule has 0 atom stereocenters. The first-order chi connectivity index (χ1) is 15.3. The first-order valence-electron chi connectivity index (χ1n) is 9.48. The molecule has 12 nitrogen and oxygen atoms in total. The van der Waals surface area contributed by atoms with Crippen LogP contribution in [-0.4, -0.2) is 74.6 Å². The topological polar surface area (TPSA) is 165 Å². The number of carboxylic acid groups (broad SMARTS) is 1. The molecule has 1 amide bonds. The number of hydrogen-bond donors (Lipinski definition) is 2. The Balaban J connectivity index is 1.90. The van der Waals surface area contributed by atoms with Gasteiger partial charge in [-0.2, -0.15) is 9.97 Å². The van der Waals surface area contributed by atoms with E-state index in [9.17, 15) is 26.0 Å². The Morgan fingerprint density at radius 3 is 2.33 bits per heavy atom. The van der Waals surface area contributed by atoms with E-state index >= 15 is 0 Å². The smallest absolute Gasteiger partial charge is 0.407 e. The van der Waals surface area contributed by atoms with E-state index in [0.29, 0.717) is 12.8 Å². The molecule has 2 heterocycles. The fourth-order valence-electron chi connectivity index (χ4n) is 3.02. The third kappa shape index (κ3) is 6.41. The highest BCUT2D eigenvalue weighted by Gasteiger charge is 2.27. The number of sulfone groups is 1. The molecule has 0 aliphatic carbocycles. The van der Waals surface area contributed by atoms with E-state index in [1.807, 2.05) is 0 Å². The van der Waals surface area contributed by atoms with Gasteiger partial charge in [-0.3, -0.25) is 4.72 Å². The molecule has 2 N–H and O–H groups in total. The molecular formula is C18H21FN4O8S2. The molecule has 1 aliphatic heterocycles. The molecule has 2 aromatic rings. The fraction of sp³-hybridized carbons (Fsp3) is 0.389. The van der Waals surface area contributed by atoms with E-state index in [0.717, 1.165) is 37.0 Å². The SMILES string of the molecule is CS(=O)(=O)Nc1c(Oc2ccc(S(C)(=O)=O)cc2F)ncnc1OC1CCN(C(=O)O)CC1. The number of amides is 1. The average Bonchev–Trinajstić information content (AvgIpc) is 2.70. The molecule has 1 fully saturated rings. The molecule has 0 spiro atoms. The number of nitrogens with one attached hydrogen (secondary N) is 1. The molecule has 15 heteroatoms. The highest BCUT2D eigenvalue weighted by Crippen LogP contribution is 2.36. The number of piperidine rings is 1. The molecule has 0 saturated carbocycles. The predicted octanol–water partition coefficient (Wildman–Crippen LogP) is 1.70. The minimum Gasteiger partial charge on any atom is -0.473 e. The van der Waals surface area contributed by atoms with E-state index in [4.69, 9.17) is 14.6 Å². The summed E-state index contributed by atoms with van der Waals surface area (Å²) >= 11 is 0. The number of aromatic nitrogens is 2. The van der Waals surface area contributed by atoms with Crippen molar-refractivity contribution >= 4 is 31.6 Å². The number of carbonyl (C=O) groups is 1. The Morgan fingerprint density at radius 1 is 1.15 bits per heavy atom. The van der Waals surface area contributed by atoms with Crippen molar-refractivity contribution in [2.24, 2.45) is 0 Å². The van der Waals surface area contributed by atoms with Crippen LogP contribution in [0.3, 0.4) is 0 Å². The van der Waals surface area contributed by atoms with Crippen LogP contribution in [0.2, 0.25) is 0 Å². The van der Waals surface area contributed by atoms with Gasteiger partial charge in [-0.05, 0) is 18.2 Å². The molecule has 0 unspecified atom stereocenters. The summed E-state index contributed by atoms with van der Waals surface area (Å²) < 4.78 is 74.8. The minimum atomic E-state index is -3.86. The number of benzene rings is 1. The summed E-state index contributed by atoms with van der Waals surface area (Å²) in [5, 5.41) is 9.05. The van der Waals surface area contributed by atoms with E-state index in [2.05, 4.69) is 14.7 Å². The van der Waals surface area contributed by atoms with Crippen LogP contribution in [0.25, 0.3) is 0 Å². The van der Waals surface area contributed by atoms with Gasteiger partial charge in [0, 0.05) is 32.2 Å². The maximum atomic E-state index is 14.5. The number of nitrogens with zero attached hydrogens (tertiary/aromatic N) is 3. The van der Waals surface area contributed by atoms with Gasteiger partial charge in [0.25, 0.3) is 5.88 Å². The van der Waals surface area contributed by atoms with Crippen LogP contribution < -0.4 is 14.2 Å². The summed E-state index contributed by atoms with van der Waals surface area (Å²) in [6, 6.07) is 2.97. The summed E-state index contributed by atoms with van der Waals surface area (Å²) in [4.78, 5) is 19.8. The first kappa shape index (κ1) is 24.4. The lowest BCUT2D eigenvalue weighted by Crippen LogP contribution is -2.41.